The number of carbonyl (C=O) groups excluding carboxylic acids is 1. The van der Waals surface area contributed by atoms with Crippen molar-refractivity contribution in [3.8, 4) is 5.75 Å². The number of hydrogen-bond donors (Lipinski definition) is 1. The van der Waals surface area contributed by atoms with Gasteiger partial charge in [-0.05, 0) is 35.6 Å². The molecule has 3 nitrogen and oxygen atoms in total. The van der Waals surface area contributed by atoms with Crippen molar-refractivity contribution in [3.63, 3.8) is 0 Å². The lowest BCUT2D eigenvalue weighted by atomic mass is 10.1. The highest BCUT2D eigenvalue weighted by Crippen LogP contribution is 2.25. The van der Waals surface area contributed by atoms with Gasteiger partial charge in [0.15, 0.2) is 0 Å². The summed E-state index contributed by atoms with van der Waals surface area (Å²) in [6.07, 6.45) is 3.35. The number of rotatable bonds is 6. The second kappa shape index (κ2) is 7.12. The lowest BCUT2D eigenvalue weighted by molar-refractivity contribution is -0.120. The van der Waals surface area contributed by atoms with Crippen LogP contribution in [0.25, 0.3) is 0 Å². The molecule has 1 heterocycles. The van der Waals surface area contributed by atoms with E-state index < -0.39 is 0 Å². The molecule has 0 radical (unpaired) electrons. The van der Waals surface area contributed by atoms with Crippen LogP contribution in [0.4, 0.5) is 0 Å². The first kappa shape index (κ1) is 14.6. The summed E-state index contributed by atoms with van der Waals surface area (Å²) in [5.41, 5.74) is 3.59. The number of amides is 1. The topological polar surface area (TPSA) is 38.3 Å². The third-order valence-electron chi connectivity index (χ3n) is 3.93. The van der Waals surface area contributed by atoms with Gasteiger partial charge in [-0.25, -0.2) is 0 Å². The molecule has 3 heteroatoms. The highest BCUT2D eigenvalue weighted by Gasteiger charge is 2.13. The normalized spacial score (nSPS) is 12.5. The minimum atomic E-state index is 0.0897. The predicted octanol–water partition coefficient (Wildman–Crippen LogP) is 2.91. The Bertz CT molecular complexity index is 637. The monoisotopic (exact) mass is 295 g/mol. The second-order valence-electron chi connectivity index (χ2n) is 5.66. The Morgan fingerprint density at radius 1 is 1.09 bits per heavy atom. The molecule has 22 heavy (non-hydrogen) atoms. The Labute approximate surface area is 131 Å². The highest BCUT2D eigenvalue weighted by atomic mass is 16.5. The molecule has 1 amide bonds. The molecule has 0 aromatic heterocycles. The Morgan fingerprint density at radius 3 is 2.82 bits per heavy atom. The highest BCUT2D eigenvalue weighted by molar-refractivity contribution is 5.78. The molecule has 3 rings (SSSR count). The maximum absolute atomic E-state index is 12.0. The molecular formula is C19H21NO2. The molecule has 0 atom stereocenters. The lowest BCUT2D eigenvalue weighted by Gasteiger charge is -2.07. The molecule has 0 saturated carbocycles. The minimum Gasteiger partial charge on any atom is -0.493 e. The molecule has 0 aliphatic carbocycles. The smallest absolute Gasteiger partial charge is 0.224 e. The number of ether oxygens (including phenoxy) is 1. The second-order valence-corrected chi connectivity index (χ2v) is 5.66. The van der Waals surface area contributed by atoms with E-state index in [4.69, 9.17) is 4.74 Å². The molecule has 0 saturated heterocycles. The van der Waals surface area contributed by atoms with Crippen molar-refractivity contribution >= 4 is 5.91 Å². The van der Waals surface area contributed by atoms with Gasteiger partial charge in [0.2, 0.25) is 5.91 Å². The molecule has 1 aliphatic heterocycles. The van der Waals surface area contributed by atoms with Crippen molar-refractivity contribution in [2.24, 2.45) is 0 Å². The van der Waals surface area contributed by atoms with E-state index in [0.717, 1.165) is 43.7 Å². The fraction of sp³-hybridized carbons (Fsp3) is 0.316. The largest absolute Gasteiger partial charge is 0.493 e. The molecule has 2 aromatic carbocycles. The number of aryl methyl sites for hydroxylation is 1. The number of hydrogen-bond acceptors (Lipinski definition) is 2. The van der Waals surface area contributed by atoms with Crippen LogP contribution in [0.3, 0.4) is 0 Å². The number of benzene rings is 2. The van der Waals surface area contributed by atoms with Gasteiger partial charge >= 0.3 is 0 Å². The SMILES string of the molecule is O=C(Cc1ccc2c(c1)CCO2)NCCCc1ccccc1. The van der Waals surface area contributed by atoms with Gasteiger partial charge in [0.1, 0.15) is 5.75 Å². The fourth-order valence-corrected chi connectivity index (χ4v) is 2.76. The first-order valence-electron chi connectivity index (χ1n) is 7.86. The maximum Gasteiger partial charge on any atom is 0.224 e. The minimum absolute atomic E-state index is 0.0897. The van der Waals surface area contributed by atoms with Gasteiger partial charge in [-0.1, -0.05) is 42.5 Å². The molecular weight excluding hydrogens is 274 g/mol. The zero-order valence-corrected chi connectivity index (χ0v) is 12.7. The van der Waals surface area contributed by atoms with Crippen molar-refractivity contribution < 1.29 is 9.53 Å². The summed E-state index contributed by atoms with van der Waals surface area (Å²) >= 11 is 0. The van der Waals surface area contributed by atoms with Gasteiger partial charge in [-0.3, -0.25) is 4.79 Å². The molecule has 0 unspecified atom stereocenters. The summed E-state index contributed by atoms with van der Waals surface area (Å²) in [5.74, 6) is 1.05. The summed E-state index contributed by atoms with van der Waals surface area (Å²) < 4.78 is 5.48. The number of nitrogens with one attached hydrogen (secondary N) is 1. The molecule has 1 N–H and O–H groups in total. The average molecular weight is 295 g/mol. The average Bonchev–Trinajstić information content (AvgIpc) is 3.00. The number of carbonyl (C=O) groups is 1. The number of fused-ring (bicyclic) bond motifs is 1. The zero-order valence-electron chi connectivity index (χ0n) is 12.7. The molecule has 1 aliphatic rings. The van der Waals surface area contributed by atoms with Crippen LogP contribution in [0.15, 0.2) is 48.5 Å². The van der Waals surface area contributed by atoms with Crippen LogP contribution in [-0.2, 0) is 24.1 Å². The fourth-order valence-electron chi connectivity index (χ4n) is 2.76. The van der Waals surface area contributed by atoms with Crippen LogP contribution in [0.1, 0.15) is 23.1 Å². The van der Waals surface area contributed by atoms with E-state index in [1.807, 2.05) is 30.3 Å². The molecule has 0 spiro atoms. The predicted molar refractivity (Wildman–Crippen MR) is 87.1 cm³/mol. The Hall–Kier alpha value is -2.29. The van der Waals surface area contributed by atoms with Crippen LogP contribution in [-0.4, -0.2) is 19.1 Å². The van der Waals surface area contributed by atoms with Crippen molar-refractivity contribution in [3.05, 3.63) is 65.2 Å². The van der Waals surface area contributed by atoms with E-state index in [9.17, 15) is 4.79 Å². The Kier molecular flexibility index (Phi) is 4.74. The van der Waals surface area contributed by atoms with Gasteiger partial charge in [0.25, 0.3) is 0 Å². The van der Waals surface area contributed by atoms with Crippen molar-refractivity contribution in [1.29, 1.82) is 0 Å². The molecule has 2 aromatic rings. The third-order valence-corrected chi connectivity index (χ3v) is 3.93. The van der Waals surface area contributed by atoms with Crippen molar-refractivity contribution in [2.75, 3.05) is 13.2 Å². The molecule has 0 fully saturated rings. The van der Waals surface area contributed by atoms with Crippen LogP contribution in [0, 0.1) is 0 Å². The van der Waals surface area contributed by atoms with Gasteiger partial charge < -0.3 is 10.1 Å². The summed E-state index contributed by atoms with van der Waals surface area (Å²) in [4.78, 5) is 12.0. The van der Waals surface area contributed by atoms with Gasteiger partial charge in [-0.2, -0.15) is 0 Å². The lowest BCUT2D eigenvalue weighted by Crippen LogP contribution is -2.26. The Balaban J connectivity index is 1.41. The van der Waals surface area contributed by atoms with E-state index in [-0.39, 0.29) is 5.91 Å². The van der Waals surface area contributed by atoms with Crippen LogP contribution >= 0.6 is 0 Å². The van der Waals surface area contributed by atoms with E-state index >= 15 is 0 Å². The third kappa shape index (κ3) is 3.88. The van der Waals surface area contributed by atoms with E-state index in [0.29, 0.717) is 6.42 Å². The van der Waals surface area contributed by atoms with Gasteiger partial charge in [-0.15, -0.1) is 0 Å². The molecule has 114 valence electrons. The first-order valence-corrected chi connectivity index (χ1v) is 7.86. The van der Waals surface area contributed by atoms with Crippen LogP contribution in [0.5, 0.6) is 5.75 Å². The summed E-state index contributed by atoms with van der Waals surface area (Å²) in [6, 6.07) is 16.4. The zero-order chi connectivity index (χ0) is 15.2. The molecule has 0 bridgehead atoms. The first-order chi connectivity index (χ1) is 10.8. The Morgan fingerprint density at radius 2 is 1.95 bits per heavy atom. The quantitative estimate of drug-likeness (QED) is 0.832. The van der Waals surface area contributed by atoms with Crippen molar-refractivity contribution in [2.45, 2.75) is 25.7 Å². The van der Waals surface area contributed by atoms with E-state index in [2.05, 4.69) is 23.5 Å². The summed E-state index contributed by atoms with van der Waals surface area (Å²) in [6.45, 7) is 1.48. The van der Waals surface area contributed by atoms with Gasteiger partial charge in [0, 0.05) is 13.0 Å². The summed E-state index contributed by atoms with van der Waals surface area (Å²) in [7, 11) is 0. The van der Waals surface area contributed by atoms with E-state index in [1.165, 1.54) is 11.1 Å². The van der Waals surface area contributed by atoms with E-state index in [1.54, 1.807) is 0 Å². The summed E-state index contributed by atoms with van der Waals surface area (Å²) in [5, 5.41) is 3.00. The standard InChI is InChI=1S/C19H21NO2/c21-19(20-11-4-7-15-5-2-1-3-6-15)14-16-8-9-18-17(13-16)10-12-22-18/h1-3,5-6,8-9,13H,4,7,10-12,14H2,(H,20,21). The maximum atomic E-state index is 12.0. The van der Waals surface area contributed by atoms with Crippen LogP contribution in [0.2, 0.25) is 0 Å². The van der Waals surface area contributed by atoms with Gasteiger partial charge in [0.05, 0.1) is 13.0 Å². The van der Waals surface area contributed by atoms with Crippen LogP contribution < -0.4 is 10.1 Å². The van der Waals surface area contributed by atoms with Crippen molar-refractivity contribution in [1.82, 2.24) is 5.32 Å².